The third-order valence-electron chi connectivity index (χ3n) is 3.80. The molecular formula is C12H13F2N. The highest BCUT2D eigenvalue weighted by molar-refractivity contribution is 5.44. The molecule has 1 nitrogen and oxygen atoms in total. The van der Waals surface area contributed by atoms with Gasteiger partial charge in [0.05, 0.1) is 0 Å². The summed E-state index contributed by atoms with van der Waals surface area (Å²) in [6.07, 6.45) is 3.84. The fourth-order valence-electron chi connectivity index (χ4n) is 2.81. The van der Waals surface area contributed by atoms with Gasteiger partial charge in [-0.1, -0.05) is 0 Å². The van der Waals surface area contributed by atoms with Crippen molar-refractivity contribution in [1.82, 2.24) is 0 Å². The van der Waals surface area contributed by atoms with E-state index in [0.29, 0.717) is 11.1 Å². The normalized spacial score (nSPS) is 26.5. The highest BCUT2D eigenvalue weighted by Crippen LogP contribution is 2.57. The first-order chi connectivity index (χ1) is 7.12. The summed E-state index contributed by atoms with van der Waals surface area (Å²) in [5, 5.41) is 0. The van der Waals surface area contributed by atoms with Gasteiger partial charge in [0.15, 0.2) is 0 Å². The minimum absolute atomic E-state index is 0.00296. The summed E-state index contributed by atoms with van der Waals surface area (Å²) in [5.74, 6) is -0.919. The minimum Gasteiger partial charge on any atom is -0.324 e. The Kier molecular flexibility index (Phi) is 1.72. The number of halogens is 2. The summed E-state index contributed by atoms with van der Waals surface area (Å²) in [4.78, 5) is 0. The SMILES string of the molecule is NC1CCC2(CC2)c2c(F)cc(F)cc21. The van der Waals surface area contributed by atoms with Crippen molar-refractivity contribution in [2.24, 2.45) is 5.73 Å². The maximum Gasteiger partial charge on any atom is 0.130 e. The number of hydrogen-bond acceptors (Lipinski definition) is 1. The largest absolute Gasteiger partial charge is 0.324 e. The number of fused-ring (bicyclic) bond motifs is 2. The number of hydrogen-bond donors (Lipinski definition) is 1. The summed E-state index contributed by atoms with van der Waals surface area (Å²) in [5.41, 5.74) is 7.29. The molecule has 1 unspecified atom stereocenters. The van der Waals surface area contributed by atoms with Crippen LogP contribution in [0.4, 0.5) is 8.78 Å². The first kappa shape index (κ1) is 9.28. The molecule has 0 saturated heterocycles. The molecule has 1 aromatic rings. The molecule has 2 N–H and O–H groups in total. The fraction of sp³-hybridized carbons (Fsp3) is 0.500. The van der Waals surface area contributed by atoms with Crippen LogP contribution in [0.2, 0.25) is 0 Å². The Morgan fingerprint density at radius 2 is 1.93 bits per heavy atom. The molecule has 0 amide bonds. The molecule has 0 bridgehead atoms. The van der Waals surface area contributed by atoms with Crippen molar-refractivity contribution in [3.05, 3.63) is 34.9 Å². The zero-order valence-corrected chi connectivity index (χ0v) is 8.39. The summed E-state index contributed by atoms with van der Waals surface area (Å²) in [6, 6.07) is 2.19. The van der Waals surface area contributed by atoms with Crippen LogP contribution in [0, 0.1) is 11.6 Å². The van der Waals surface area contributed by atoms with E-state index in [2.05, 4.69) is 0 Å². The van der Waals surface area contributed by atoms with Gasteiger partial charge in [-0.25, -0.2) is 8.78 Å². The van der Waals surface area contributed by atoms with E-state index in [1.165, 1.54) is 6.07 Å². The van der Waals surface area contributed by atoms with Gasteiger partial charge in [0.2, 0.25) is 0 Å². The van der Waals surface area contributed by atoms with Crippen LogP contribution >= 0.6 is 0 Å². The summed E-state index contributed by atoms with van der Waals surface area (Å²) < 4.78 is 26.9. The second-order valence-corrected chi connectivity index (χ2v) is 4.78. The van der Waals surface area contributed by atoms with Crippen LogP contribution in [-0.2, 0) is 5.41 Å². The molecule has 15 heavy (non-hydrogen) atoms. The van der Waals surface area contributed by atoms with Crippen molar-refractivity contribution in [1.29, 1.82) is 0 Å². The molecule has 0 aliphatic heterocycles. The molecule has 0 radical (unpaired) electrons. The Hall–Kier alpha value is -0.960. The van der Waals surface area contributed by atoms with Gasteiger partial charge in [-0.3, -0.25) is 0 Å². The topological polar surface area (TPSA) is 26.0 Å². The Balaban J connectivity index is 2.24. The zero-order valence-electron chi connectivity index (χ0n) is 8.39. The maximum atomic E-state index is 13.7. The first-order valence-corrected chi connectivity index (χ1v) is 5.37. The fourth-order valence-corrected chi connectivity index (χ4v) is 2.81. The molecule has 80 valence electrons. The molecule has 0 heterocycles. The Bertz CT molecular complexity index is 424. The van der Waals surface area contributed by atoms with E-state index < -0.39 is 11.6 Å². The van der Waals surface area contributed by atoms with Gasteiger partial charge in [-0.05, 0) is 48.3 Å². The van der Waals surface area contributed by atoms with Crippen LogP contribution in [0.5, 0.6) is 0 Å². The molecule has 0 aromatic heterocycles. The lowest BCUT2D eigenvalue weighted by atomic mass is 9.77. The van der Waals surface area contributed by atoms with E-state index >= 15 is 0 Å². The quantitative estimate of drug-likeness (QED) is 0.698. The molecule has 3 heteroatoms. The predicted octanol–water partition coefficient (Wildman–Crippen LogP) is 2.79. The minimum atomic E-state index is -0.514. The molecular weight excluding hydrogens is 196 g/mol. The summed E-state index contributed by atoms with van der Waals surface area (Å²) in [6.45, 7) is 0. The predicted molar refractivity (Wildman–Crippen MR) is 53.4 cm³/mol. The van der Waals surface area contributed by atoms with Crippen molar-refractivity contribution >= 4 is 0 Å². The molecule has 1 atom stereocenters. The molecule has 2 aliphatic carbocycles. The lowest BCUT2D eigenvalue weighted by Crippen LogP contribution is -2.26. The Labute approximate surface area is 87.3 Å². The second kappa shape index (κ2) is 2.79. The molecule has 1 spiro atoms. The van der Waals surface area contributed by atoms with Crippen molar-refractivity contribution in [2.75, 3.05) is 0 Å². The van der Waals surface area contributed by atoms with Crippen LogP contribution in [0.15, 0.2) is 12.1 Å². The average molecular weight is 209 g/mol. The number of benzene rings is 1. The van der Waals surface area contributed by atoms with Gasteiger partial charge < -0.3 is 5.73 Å². The summed E-state index contributed by atoms with van der Waals surface area (Å²) >= 11 is 0. The van der Waals surface area contributed by atoms with Gasteiger partial charge >= 0.3 is 0 Å². The highest BCUT2D eigenvalue weighted by Gasteiger charge is 2.49. The lowest BCUT2D eigenvalue weighted by Gasteiger charge is -2.30. The van der Waals surface area contributed by atoms with Crippen molar-refractivity contribution < 1.29 is 8.78 Å². The van der Waals surface area contributed by atoms with Crippen molar-refractivity contribution in [3.63, 3.8) is 0 Å². The molecule has 1 saturated carbocycles. The number of nitrogens with two attached hydrogens (primary N) is 1. The molecule has 1 fully saturated rings. The van der Waals surface area contributed by atoms with E-state index in [1.807, 2.05) is 0 Å². The lowest BCUT2D eigenvalue weighted by molar-refractivity contribution is 0.444. The van der Waals surface area contributed by atoms with Gasteiger partial charge in [0.1, 0.15) is 11.6 Å². The summed E-state index contributed by atoms with van der Waals surface area (Å²) in [7, 11) is 0. The van der Waals surface area contributed by atoms with Crippen LogP contribution < -0.4 is 5.73 Å². The Morgan fingerprint density at radius 3 is 2.60 bits per heavy atom. The van der Waals surface area contributed by atoms with E-state index in [9.17, 15) is 8.78 Å². The molecule has 3 rings (SSSR count). The van der Waals surface area contributed by atoms with E-state index in [0.717, 1.165) is 31.7 Å². The first-order valence-electron chi connectivity index (χ1n) is 5.37. The van der Waals surface area contributed by atoms with Crippen molar-refractivity contribution in [2.45, 2.75) is 37.1 Å². The maximum absolute atomic E-state index is 13.7. The van der Waals surface area contributed by atoms with Gasteiger partial charge in [0, 0.05) is 12.1 Å². The van der Waals surface area contributed by atoms with Gasteiger partial charge in [0.25, 0.3) is 0 Å². The monoisotopic (exact) mass is 209 g/mol. The Morgan fingerprint density at radius 1 is 1.20 bits per heavy atom. The molecule has 2 aliphatic rings. The molecule has 1 aromatic carbocycles. The van der Waals surface area contributed by atoms with Crippen molar-refractivity contribution in [3.8, 4) is 0 Å². The smallest absolute Gasteiger partial charge is 0.130 e. The third kappa shape index (κ3) is 1.22. The van der Waals surface area contributed by atoms with Gasteiger partial charge in [-0.15, -0.1) is 0 Å². The van der Waals surface area contributed by atoms with E-state index in [-0.39, 0.29) is 11.5 Å². The standard InChI is InChI=1S/C12H13F2N/c13-7-5-8-10(15)1-2-12(3-4-12)11(8)9(14)6-7/h5-6,10H,1-4,15H2. The average Bonchev–Trinajstić information content (AvgIpc) is 2.92. The second-order valence-electron chi connectivity index (χ2n) is 4.78. The van der Waals surface area contributed by atoms with Gasteiger partial charge in [-0.2, -0.15) is 0 Å². The van der Waals surface area contributed by atoms with Crippen LogP contribution in [0.25, 0.3) is 0 Å². The number of rotatable bonds is 0. The van der Waals surface area contributed by atoms with Crippen LogP contribution in [-0.4, -0.2) is 0 Å². The zero-order chi connectivity index (χ0) is 10.6. The van der Waals surface area contributed by atoms with E-state index in [4.69, 9.17) is 5.73 Å². The van der Waals surface area contributed by atoms with Crippen LogP contribution in [0.1, 0.15) is 42.9 Å². The highest BCUT2D eigenvalue weighted by atomic mass is 19.1. The van der Waals surface area contributed by atoms with Crippen LogP contribution in [0.3, 0.4) is 0 Å². The van der Waals surface area contributed by atoms with E-state index in [1.54, 1.807) is 0 Å². The third-order valence-corrected chi connectivity index (χ3v) is 3.80.